The fourth-order valence-electron chi connectivity index (χ4n) is 2.07. The van der Waals surface area contributed by atoms with Gasteiger partial charge in [0.2, 0.25) is 0 Å². The second-order valence-electron chi connectivity index (χ2n) is 3.99. The molecule has 2 rings (SSSR count). The number of rotatable bonds is 1. The molecule has 0 spiro atoms. The molecule has 2 aromatic carbocycles. The SMILES string of the molecule is C=Cc1c(C)c(C)[c]c2cccc(C)c12. The first-order valence-electron chi connectivity index (χ1n) is 5.19. The van der Waals surface area contributed by atoms with Crippen molar-refractivity contribution in [2.45, 2.75) is 20.8 Å². The van der Waals surface area contributed by atoms with Crippen LogP contribution in [0.25, 0.3) is 16.8 Å². The van der Waals surface area contributed by atoms with Gasteiger partial charge in [-0.15, -0.1) is 0 Å². The van der Waals surface area contributed by atoms with Crippen molar-refractivity contribution >= 4 is 16.8 Å². The molecular weight excluding hydrogens is 180 g/mol. The Kier molecular flexibility index (Phi) is 2.36. The van der Waals surface area contributed by atoms with E-state index in [4.69, 9.17) is 0 Å². The summed E-state index contributed by atoms with van der Waals surface area (Å²) in [4.78, 5) is 0. The van der Waals surface area contributed by atoms with Crippen LogP contribution in [0.5, 0.6) is 0 Å². The molecule has 75 valence electrons. The van der Waals surface area contributed by atoms with E-state index in [9.17, 15) is 0 Å². The number of fused-ring (bicyclic) bond motifs is 1. The Labute approximate surface area is 91.2 Å². The summed E-state index contributed by atoms with van der Waals surface area (Å²) in [6.07, 6.45) is 1.95. The molecule has 0 unspecified atom stereocenters. The Balaban J connectivity index is 3.02. The Morgan fingerprint density at radius 1 is 1.20 bits per heavy atom. The predicted molar refractivity (Wildman–Crippen MR) is 67.1 cm³/mol. The Morgan fingerprint density at radius 2 is 1.93 bits per heavy atom. The summed E-state index contributed by atoms with van der Waals surface area (Å²) >= 11 is 0. The zero-order chi connectivity index (χ0) is 11.0. The topological polar surface area (TPSA) is 0 Å². The second kappa shape index (κ2) is 3.54. The van der Waals surface area contributed by atoms with Crippen LogP contribution in [0.3, 0.4) is 0 Å². The Hall–Kier alpha value is -1.56. The Morgan fingerprint density at radius 3 is 2.60 bits per heavy atom. The fraction of sp³-hybridized carbons (Fsp3) is 0.200. The molecule has 0 aliphatic carbocycles. The molecule has 0 atom stereocenters. The highest BCUT2D eigenvalue weighted by atomic mass is 14.1. The normalized spacial score (nSPS) is 10.6. The minimum atomic E-state index is 1.19. The minimum absolute atomic E-state index is 1.19. The predicted octanol–water partition coefficient (Wildman–Crippen LogP) is 4.21. The molecule has 0 nitrogen and oxygen atoms in total. The molecule has 0 bridgehead atoms. The highest BCUT2D eigenvalue weighted by Crippen LogP contribution is 2.28. The number of aryl methyl sites for hydroxylation is 2. The van der Waals surface area contributed by atoms with Gasteiger partial charge in [-0.25, -0.2) is 0 Å². The lowest BCUT2D eigenvalue weighted by atomic mass is 9.93. The third kappa shape index (κ3) is 1.46. The molecule has 0 saturated heterocycles. The van der Waals surface area contributed by atoms with Gasteiger partial charge < -0.3 is 0 Å². The van der Waals surface area contributed by atoms with Crippen LogP contribution >= 0.6 is 0 Å². The van der Waals surface area contributed by atoms with Gasteiger partial charge in [-0.05, 0) is 59.9 Å². The maximum Gasteiger partial charge on any atom is -0.00639 e. The van der Waals surface area contributed by atoms with Crippen LogP contribution in [-0.2, 0) is 0 Å². The van der Waals surface area contributed by atoms with Crippen LogP contribution in [-0.4, -0.2) is 0 Å². The van der Waals surface area contributed by atoms with Gasteiger partial charge in [-0.1, -0.05) is 30.9 Å². The van der Waals surface area contributed by atoms with Gasteiger partial charge in [0.15, 0.2) is 0 Å². The zero-order valence-corrected chi connectivity index (χ0v) is 9.52. The summed E-state index contributed by atoms with van der Waals surface area (Å²) in [6.45, 7) is 10.3. The van der Waals surface area contributed by atoms with E-state index in [1.54, 1.807) is 0 Å². The summed E-state index contributed by atoms with van der Waals surface area (Å²) in [6, 6.07) is 9.75. The van der Waals surface area contributed by atoms with Crippen molar-refractivity contribution in [3.8, 4) is 0 Å². The van der Waals surface area contributed by atoms with Crippen LogP contribution in [0.2, 0.25) is 0 Å². The van der Waals surface area contributed by atoms with Gasteiger partial charge in [-0.3, -0.25) is 0 Å². The van der Waals surface area contributed by atoms with Crippen molar-refractivity contribution in [3.63, 3.8) is 0 Å². The second-order valence-corrected chi connectivity index (χ2v) is 3.99. The quantitative estimate of drug-likeness (QED) is 0.639. The molecule has 0 aliphatic rings. The highest BCUT2D eigenvalue weighted by molar-refractivity contribution is 5.94. The standard InChI is InChI=1S/C15H15/c1-5-14-12(4)11(3)9-13-8-6-7-10(2)15(13)14/h5-8H,1H2,2-4H3. The van der Waals surface area contributed by atoms with E-state index in [0.717, 1.165) is 0 Å². The van der Waals surface area contributed by atoms with Crippen molar-refractivity contribution in [1.29, 1.82) is 0 Å². The van der Waals surface area contributed by atoms with Gasteiger partial charge in [0.05, 0.1) is 0 Å². The molecule has 0 amide bonds. The summed E-state index contributed by atoms with van der Waals surface area (Å²) in [7, 11) is 0. The lowest BCUT2D eigenvalue weighted by molar-refractivity contribution is 1.34. The first kappa shape index (κ1) is 9.97. The van der Waals surface area contributed by atoms with Gasteiger partial charge >= 0.3 is 0 Å². The van der Waals surface area contributed by atoms with Crippen LogP contribution in [0.4, 0.5) is 0 Å². The molecule has 0 heterocycles. The average Bonchev–Trinajstić information content (AvgIpc) is 2.21. The summed E-state index contributed by atoms with van der Waals surface area (Å²) in [5.41, 5.74) is 5.04. The van der Waals surface area contributed by atoms with E-state index >= 15 is 0 Å². The zero-order valence-electron chi connectivity index (χ0n) is 9.52. The van der Waals surface area contributed by atoms with Crippen LogP contribution < -0.4 is 0 Å². The van der Waals surface area contributed by atoms with E-state index in [-0.39, 0.29) is 0 Å². The minimum Gasteiger partial charge on any atom is -0.0984 e. The smallest absolute Gasteiger partial charge is 0.00639 e. The van der Waals surface area contributed by atoms with E-state index in [2.05, 4.69) is 51.6 Å². The first-order chi connectivity index (χ1) is 7.15. The van der Waals surface area contributed by atoms with Gasteiger partial charge in [0, 0.05) is 0 Å². The van der Waals surface area contributed by atoms with Crippen LogP contribution in [0, 0.1) is 26.8 Å². The molecule has 1 radical (unpaired) electrons. The third-order valence-corrected chi connectivity index (χ3v) is 3.03. The molecular formula is C15H15. The molecule has 0 fully saturated rings. The van der Waals surface area contributed by atoms with E-state index in [1.807, 2.05) is 6.08 Å². The van der Waals surface area contributed by atoms with E-state index < -0.39 is 0 Å². The van der Waals surface area contributed by atoms with Crippen LogP contribution in [0.1, 0.15) is 22.3 Å². The number of hydrogen-bond acceptors (Lipinski definition) is 0. The molecule has 0 N–H and O–H groups in total. The van der Waals surface area contributed by atoms with Crippen molar-refractivity contribution in [1.82, 2.24) is 0 Å². The summed E-state index contributed by atoms with van der Waals surface area (Å²) in [5.74, 6) is 0. The molecule has 0 aromatic heterocycles. The average molecular weight is 195 g/mol. The molecule has 0 aliphatic heterocycles. The summed E-state index contributed by atoms with van der Waals surface area (Å²) < 4.78 is 0. The number of benzene rings is 2. The van der Waals surface area contributed by atoms with Crippen molar-refractivity contribution < 1.29 is 0 Å². The van der Waals surface area contributed by atoms with E-state index in [0.29, 0.717) is 0 Å². The largest absolute Gasteiger partial charge is 0.0984 e. The monoisotopic (exact) mass is 195 g/mol. The van der Waals surface area contributed by atoms with Gasteiger partial charge in [-0.2, -0.15) is 0 Å². The van der Waals surface area contributed by atoms with Crippen molar-refractivity contribution in [2.75, 3.05) is 0 Å². The highest BCUT2D eigenvalue weighted by Gasteiger charge is 2.06. The lowest BCUT2D eigenvalue weighted by Gasteiger charge is -2.11. The maximum atomic E-state index is 3.91. The maximum absolute atomic E-state index is 3.91. The molecule has 0 saturated carbocycles. The summed E-state index contributed by atoms with van der Waals surface area (Å²) in [5, 5.41) is 2.48. The van der Waals surface area contributed by atoms with Crippen molar-refractivity contribution in [2.24, 2.45) is 0 Å². The number of hydrogen-bond donors (Lipinski definition) is 0. The molecule has 2 aromatic rings. The molecule has 0 heteroatoms. The van der Waals surface area contributed by atoms with Crippen molar-refractivity contribution in [3.05, 3.63) is 53.1 Å². The fourth-order valence-corrected chi connectivity index (χ4v) is 2.07. The van der Waals surface area contributed by atoms with Gasteiger partial charge in [0.25, 0.3) is 0 Å². The Bertz CT molecular complexity index is 533. The van der Waals surface area contributed by atoms with E-state index in [1.165, 1.54) is 33.0 Å². The third-order valence-electron chi connectivity index (χ3n) is 3.03. The molecule has 15 heavy (non-hydrogen) atoms. The van der Waals surface area contributed by atoms with Crippen LogP contribution in [0.15, 0.2) is 24.8 Å². The van der Waals surface area contributed by atoms with Gasteiger partial charge in [0.1, 0.15) is 0 Å². The lowest BCUT2D eigenvalue weighted by Crippen LogP contribution is -1.91. The first-order valence-corrected chi connectivity index (χ1v) is 5.19.